The summed E-state index contributed by atoms with van der Waals surface area (Å²) in [4.78, 5) is 9.11. The van der Waals surface area contributed by atoms with Crippen LogP contribution in [0, 0.1) is 0 Å². The molecule has 3 rings (SSSR count). The van der Waals surface area contributed by atoms with Crippen LogP contribution in [-0.4, -0.2) is 15.0 Å². The summed E-state index contributed by atoms with van der Waals surface area (Å²) in [7, 11) is 0. The van der Waals surface area contributed by atoms with E-state index >= 15 is 0 Å². The summed E-state index contributed by atoms with van der Waals surface area (Å²) in [5.74, 6) is 0.723. The maximum atomic E-state index is 5.80. The lowest BCUT2D eigenvalue weighted by atomic mass is 10.1. The summed E-state index contributed by atoms with van der Waals surface area (Å²) in [6.07, 6.45) is 6.71. The number of pyridine rings is 2. The normalized spacial score (nSPS) is 13.1. The number of aryl methyl sites for hydroxylation is 2. The molecule has 1 aliphatic carbocycles. The predicted octanol–water partition coefficient (Wildman–Crippen LogP) is 2.34. The van der Waals surface area contributed by atoms with Gasteiger partial charge in [-0.3, -0.25) is 4.98 Å². The average molecular weight is 270 g/mol. The first-order valence-electron chi connectivity index (χ1n) is 6.23. The van der Waals surface area contributed by atoms with Crippen LogP contribution in [0.5, 0.6) is 0 Å². The molecule has 19 heavy (non-hydrogen) atoms. The Labute approximate surface area is 117 Å². The highest BCUT2D eigenvalue weighted by atomic mass is 32.1. The van der Waals surface area contributed by atoms with E-state index in [0.29, 0.717) is 4.99 Å². The zero-order valence-corrected chi connectivity index (χ0v) is 11.2. The average Bonchev–Trinajstić information content (AvgIpc) is 2.86. The molecule has 0 fully saturated rings. The number of hydrogen-bond donors (Lipinski definition) is 2. The molecule has 0 saturated heterocycles. The maximum absolute atomic E-state index is 5.80. The van der Waals surface area contributed by atoms with E-state index in [4.69, 9.17) is 18.0 Å². The molecule has 0 spiro atoms. The first-order valence-corrected chi connectivity index (χ1v) is 6.64. The van der Waals surface area contributed by atoms with Crippen molar-refractivity contribution in [3.05, 3.63) is 47.4 Å². The SMILES string of the molecule is NC(=S)c1cc2c(nc1Nc1cccnc1)CCC2. The minimum absolute atomic E-state index is 0.369. The standard InChI is InChI=1S/C14H14N4S/c15-13(19)11-7-9-3-1-5-12(9)18-14(11)17-10-4-2-6-16-8-10/h2,4,6-8H,1,3,5H2,(H2,15,19)(H,17,18). The van der Waals surface area contributed by atoms with Crippen LogP contribution in [0.25, 0.3) is 0 Å². The number of fused-ring (bicyclic) bond motifs is 1. The zero-order valence-electron chi connectivity index (χ0n) is 10.4. The van der Waals surface area contributed by atoms with E-state index < -0.39 is 0 Å². The summed E-state index contributed by atoms with van der Waals surface area (Å²) in [5.41, 5.74) is 9.89. The summed E-state index contributed by atoms with van der Waals surface area (Å²) in [6.45, 7) is 0. The molecule has 0 saturated carbocycles. The molecule has 0 atom stereocenters. The molecule has 2 heterocycles. The van der Waals surface area contributed by atoms with Gasteiger partial charge in [-0.05, 0) is 43.0 Å². The van der Waals surface area contributed by atoms with Gasteiger partial charge in [-0.25, -0.2) is 4.98 Å². The molecule has 0 unspecified atom stereocenters. The minimum Gasteiger partial charge on any atom is -0.389 e. The van der Waals surface area contributed by atoms with Gasteiger partial charge < -0.3 is 11.1 Å². The molecule has 5 heteroatoms. The van der Waals surface area contributed by atoms with Gasteiger partial charge >= 0.3 is 0 Å². The molecule has 0 amide bonds. The van der Waals surface area contributed by atoms with Crippen molar-refractivity contribution in [3.8, 4) is 0 Å². The summed E-state index contributed by atoms with van der Waals surface area (Å²) in [5, 5.41) is 3.24. The first kappa shape index (κ1) is 12.0. The van der Waals surface area contributed by atoms with E-state index in [1.807, 2.05) is 12.1 Å². The number of aromatic nitrogens is 2. The maximum Gasteiger partial charge on any atom is 0.140 e. The van der Waals surface area contributed by atoms with Crippen LogP contribution in [0.3, 0.4) is 0 Å². The Balaban J connectivity index is 2.02. The Bertz CT molecular complexity index is 625. The van der Waals surface area contributed by atoms with Crippen molar-refractivity contribution in [2.75, 3.05) is 5.32 Å². The van der Waals surface area contributed by atoms with E-state index in [1.54, 1.807) is 12.4 Å². The molecule has 0 bridgehead atoms. The first-order chi connectivity index (χ1) is 9.24. The molecule has 96 valence electrons. The Morgan fingerprint density at radius 3 is 3.00 bits per heavy atom. The summed E-state index contributed by atoms with van der Waals surface area (Å²) < 4.78 is 0. The minimum atomic E-state index is 0.369. The smallest absolute Gasteiger partial charge is 0.140 e. The molecule has 0 radical (unpaired) electrons. The van der Waals surface area contributed by atoms with Crippen molar-refractivity contribution in [1.29, 1.82) is 0 Å². The molecule has 2 aromatic heterocycles. The number of rotatable bonds is 3. The van der Waals surface area contributed by atoms with Crippen molar-refractivity contribution >= 4 is 28.7 Å². The third kappa shape index (κ3) is 2.42. The van der Waals surface area contributed by atoms with Crippen molar-refractivity contribution in [2.45, 2.75) is 19.3 Å². The van der Waals surface area contributed by atoms with Crippen LogP contribution in [0.2, 0.25) is 0 Å². The Hall–Kier alpha value is -2.01. The van der Waals surface area contributed by atoms with Gasteiger partial charge in [-0.15, -0.1) is 0 Å². The predicted molar refractivity (Wildman–Crippen MR) is 79.7 cm³/mol. The lowest BCUT2D eigenvalue weighted by Gasteiger charge is -2.12. The van der Waals surface area contributed by atoms with Gasteiger partial charge in [0.15, 0.2) is 0 Å². The van der Waals surface area contributed by atoms with Crippen LogP contribution in [-0.2, 0) is 12.8 Å². The molecule has 2 aromatic rings. The molecule has 1 aliphatic rings. The van der Waals surface area contributed by atoms with Crippen LogP contribution < -0.4 is 11.1 Å². The van der Waals surface area contributed by atoms with E-state index in [1.165, 1.54) is 5.56 Å². The van der Waals surface area contributed by atoms with Gasteiger partial charge in [0.1, 0.15) is 10.8 Å². The fourth-order valence-corrected chi connectivity index (χ4v) is 2.48. The van der Waals surface area contributed by atoms with Crippen molar-refractivity contribution in [1.82, 2.24) is 9.97 Å². The summed E-state index contributed by atoms with van der Waals surface area (Å²) in [6, 6.07) is 5.87. The molecule has 0 aliphatic heterocycles. The van der Waals surface area contributed by atoms with Crippen molar-refractivity contribution in [3.63, 3.8) is 0 Å². The molecule has 3 N–H and O–H groups in total. The molecular weight excluding hydrogens is 256 g/mol. The van der Waals surface area contributed by atoms with E-state index in [2.05, 4.69) is 21.4 Å². The second-order valence-electron chi connectivity index (χ2n) is 4.57. The number of hydrogen-bond acceptors (Lipinski definition) is 4. The van der Waals surface area contributed by atoms with Gasteiger partial charge in [-0.1, -0.05) is 12.2 Å². The van der Waals surface area contributed by atoms with Crippen molar-refractivity contribution in [2.24, 2.45) is 5.73 Å². The van der Waals surface area contributed by atoms with Gasteiger partial charge in [0, 0.05) is 11.9 Å². The van der Waals surface area contributed by atoms with Crippen LogP contribution in [0.15, 0.2) is 30.6 Å². The fraction of sp³-hybridized carbons (Fsp3) is 0.214. The highest BCUT2D eigenvalue weighted by Gasteiger charge is 2.17. The quantitative estimate of drug-likeness (QED) is 0.838. The van der Waals surface area contributed by atoms with Gasteiger partial charge in [-0.2, -0.15) is 0 Å². The van der Waals surface area contributed by atoms with Gasteiger partial charge in [0.2, 0.25) is 0 Å². The molecule has 0 aromatic carbocycles. The largest absolute Gasteiger partial charge is 0.389 e. The van der Waals surface area contributed by atoms with Gasteiger partial charge in [0.25, 0.3) is 0 Å². The van der Waals surface area contributed by atoms with E-state index in [0.717, 1.165) is 42.0 Å². The lowest BCUT2D eigenvalue weighted by Crippen LogP contribution is -2.14. The Morgan fingerprint density at radius 1 is 1.37 bits per heavy atom. The fourth-order valence-electron chi connectivity index (χ4n) is 2.33. The number of nitrogens with two attached hydrogens (primary N) is 1. The third-order valence-corrected chi connectivity index (χ3v) is 3.46. The second kappa shape index (κ2) is 4.93. The highest BCUT2D eigenvalue weighted by Crippen LogP contribution is 2.27. The highest BCUT2D eigenvalue weighted by molar-refractivity contribution is 7.80. The van der Waals surface area contributed by atoms with E-state index in [-0.39, 0.29) is 0 Å². The van der Waals surface area contributed by atoms with Crippen molar-refractivity contribution < 1.29 is 0 Å². The monoisotopic (exact) mass is 270 g/mol. The number of nitrogens with one attached hydrogen (secondary N) is 1. The molecule has 4 nitrogen and oxygen atoms in total. The van der Waals surface area contributed by atoms with Crippen LogP contribution in [0.4, 0.5) is 11.5 Å². The number of thiocarbonyl (C=S) groups is 1. The number of nitrogens with zero attached hydrogens (tertiary/aromatic N) is 2. The molecular formula is C14H14N4S. The second-order valence-corrected chi connectivity index (χ2v) is 5.01. The van der Waals surface area contributed by atoms with Crippen LogP contribution in [0.1, 0.15) is 23.2 Å². The topological polar surface area (TPSA) is 63.8 Å². The van der Waals surface area contributed by atoms with E-state index in [9.17, 15) is 0 Å². The Morgan fingerprint density at radius 2 is 2.26 bits per heavy atom. The van der Waals surface area contributed by atoms with Crippen LogP contribution >= 0.6 is 12.2 Å². The third-order valence-electron chi connectivity index (χ3n) is 3.24. The number of anilines is 2. The summed E-state index contributed by atoms with van der Waals surface area (Å²) >= 11 is 5.12. The Kier molecular flexibility index (Phi) is 3.13. The lowest BCUT2D eigenvalue weighted by molar-refractivity contribution is 0.900. The van der Waals surface area contributed by atoms with Gasteiger partial charge in [0.05, 0.1) is 17.4 Å². The zero-order chi connectivity index (χ0) is 13.2.